The Morgan fingerprint density at radius 1 is 1.69 bits per heavy atom. The molecule has 0 aliphatic heterocycles. The lowest BCUT2D eigenvalue weighted by Crippen LogP contribution is -2.27. The number of carbonyl (C=O) groups excluding carboxylic acids is 1. The molecule has 1 aromatic rings. The molecule has 1 rings (SSSR count). The summed E-state index contributed by atoms with van der Waals surface area (Å²) in [6.07, 6.45) is 0.718. The molecule has 0 spiro atoms. The van der Waals surface area contributed by atoms with E-state index in [-0.39, 0.29) is 18.3 Å². The van der Waals surface area contributed by atoms with Crippen molar-refractivity contribution in [3.05, 3.63) is 16.1 Å². The second-order valence-electron chi connectivity index (χ2n) is 2.91. The summed E-state index contributed by atoms with van der Waals surface area (Å²) < 4.78 is 4.82. The monoisotopic (exact) mass is 265 g/mol. The predicted molar refractivity (Wildman–Crippen MR) is 66.3 cm³/mol. The molecule has 3 N–H and O–H groups in total. The van der Waals surface area contributed by atoms with Gasteiger partial charge in [0, 0.05) is 25.5 Å². The smallest absolute Gasteiger partial charge is 0.270 e. The molecule has 0 aromatic carbocycles. The van der Waals surface area contributed by atoms with Crippen molar-refractivity contribution in [2.75, 3.05) is 26.8 Å². The largest absolute Gasteiger partial charge is 0.383 e. The number of amides is 1. The molecule has 92 valence electrons. The van der Waals surface area contributed by atoms with Gasteiger partial charge in [0.05, 0.1) is 11.6 Å². The number of methoxy groups -OCH3 is 1. The lowest BCUT2D eigenvalue weighted by atomic mass is 10.4. The Morgan fingerprint density at radius 2 is 2.44 bits per heavy atom. The van der Waals surface area contributed by atoms with Crippen LogP contribution < -0.4 is 11.1 Å². The number of ether oxygens (including phenoxy) is 1. The molecule has 0 bridgehead atoms. The van der Waals surface area contributed by atoms with Gasteiger partial charge >= 0.3 is 0 Å². The maximum absolute atomic E-state index is 11.5. The van der Waals surface area contributed by atoms with Crippen LogP contribution in [-0.4, -0.2) is 37.7 Å². The molecule has 7 heteroatoms. The normalized spacial score (nSPS) is 9.62. The summed E-state index contributed by atoms with van der Waals surface area (Å²) in [5.74, 6) is -0.161. The molecule has 0 aliphatic rings. The van der Waals surface area contributed by atoms with Gasteiger partial charge in [-0.2, -0.15) is 0 Å². The SMILES string of the molecule is COCCNC(=O)c1csc(CCN)n1.Cl. The summed E-state index contributed by atoms with van der Waals surface area (Å²) in [6.45, 7) is 1.56. The Labute approximate surface area is 105 Å². The van der Waals surface area contributed by atoms with Crippen molar-refractivity contribution < 1.29 is 9.53 Å². The van der Waals surface area contributed by atoms with E-state index in [9.17, 15) is 4.79 Å². The van der Waals surface area contributed by atoms with Crippen LogP contribution in [0.5, 0.6) is 0 Å². The van der Waals surface area contributed by atoms with Gasteiger partial charge in [0.25, 0.3) is 5.91 Å². The van der Waals surface area contributed by atoms with E-state index < -0.39 is 0 Å². The maximum atomic E-state index is 11.5. The Bertz CT molecular complexity index is 319. The number of nitrogens with zero attached hydrogens (tertiary/aromatic N) is 1. The van der Waals surface area contributed by atoms with E-state index in [2.05, 4.69) is 10.3 Å². The van der Waals surface area contributed by atoms with Gasteiger partial charge in [-0.15, -0.1) is 23.7 Å². The number of carbonyl (C=O) groups is 1. The summed E-state index contributed by atoms with van der Waals surface area (Å²) in [4.78, 5) is 15.6. The zero-order valence-electron chi connectivity index (χ0n) is 9.06. The minimum absolute atomic E-state index is 0. The third-order valence-corrected chi connectivity index (χ3v) is 2.64. The van der Waals surface area contributed by atoms with Gasteiger partial charge in [-0.3, -0.25) is 4.79 Å². The Kier molecular flexibility index (Phi) is 8.10. The molecule has 0 unspecified atom stereocenters. The second kappa shape index (κ2) is 8.46. The minimum atomic E-state index is -0.161. The first-order chi connectivity index (χ1) is 7.27. The highest BCUT2D eigenvalue weighted by Gasteiger charge is 2.09. The molecule has 0 saturated heterocycles. The van der Waals surface area contributed by atoms with Gasteiger partial charge in [0.2, 0.25) is 0 Å². The number of hydrogen-bond donors (Lipinski definition) is 2. The first-order valence-electron chi connectivity index (χ1n) is 4.69. The Balaban J connectivity index is 0.00000225. The molecular weight excluding hydrogens is 250 g/mol. The fourth-order valence-corrected chi connectivity index (χ4v) is 1.80. The van der Waals surface area contributed by atoms with Crippen LogP contribution in [0.3, 0.4) is 0 Å². The molecule has 0 aliphatic carbocycles. The summed E-state index contributed by atoms with van der Waals surface area (Å²) in [7, 11) is 1.59. The number of nitrogens with one attached hydrogen (secondary N) is 1. The molecule has 0 radical (unpaired) electrons. The molecule has 1 heterocycles. The first-order valence-corrected chi connectivity index (χ1v) is 5.57. The van der Waals surface area contributed by atoms with E-state index in [1.165, 1.54) is 11.3 Å². The lowest BCUT2D eigenvalue weighted by Gasteiger charge is -2.00. The van der Waals surface area contributed by atoms with Gasteiger partial charge in [-0.25, -0.2) is 4.98 Å². The van der Waals surface area contributed by atoms with Gasteiger partial charge in [0.1, 0.15) is 5.69 Å². The maximum Gasteiger partial charge on any atom is 0.270 e. The van der Waals surface area contributed by atoms with Gasteiger partial charge < -0.3 is 15.8 Å². The van der Waals surface area contributed by atoms with Crippen LogP contribution in [0.2, 0.25) is 0 Å². The highest BCUT2D eigenvalue weighted by molar-refractivity contribution is 7.09. The van der Waals surface area contributed by atoms with E-state index in [0.29, 0.717) is 25.4 Å². The molecule has 0 atom stereocenters. The van der Waals surface area contributed by atoms with Gasteiger partial charge in [-0.1, -0.05) is 0 Å². The molecule has 1 amide bonds. The van der Waals surface area contributed by atoms with Crippen molar-refractivity contribution in [3.8, 4) is 0 Å². The van der Waals surface area contributed by atoms with Crippen LogP contribution in [0.4, 0.5) is 0 Å². The van der Waals surface area contributed by atoms with Crippen LogP contribution in [0.1, 0.15) is 15.5 Å². The van der Waals surface area contributed by atoms with Crippen molar-refractivity contribution in [2.45, 2.75) is 6.42 Å². The van der Waals surface area contributed by atoms with Crippen LogP contribution in [-0.2, 0) is 11.2 Å². The topological polar surface area (TPSA) is 77.2 Å². The minimum Gasteiger partial charge on any atom is -0.383 e. The second-order valence-corrected chi connectivity index (χ2v) is 3.86. The van der Waals surface area contributed by atoms with E-state index in [0.717, 1.165) is 11.4 Å². The number of nitrogens with two attached hydrogens (primary N) is 1. The van der Waals surface area contributed by atoms with Crippen LogP contribution in [0.25, 0.3) is 0 Å². The summed E-state index contributed by atoms with van der Waals surface area (Å²) in [5.41, 5.74) is 5.85. The van der Waals surface area contributed by atoms with E-state index in [4.69, 9.17) is 10.5 Å². The van der Waals surface area contributed by atoms with Crippen molar-refractivity contribution >= 4 is 29.7 Å². The molecule has 0 saturated carbocycles. The van der Waals surface area contributed by atoms with E-state index >= 15 is 0 Å². The van der Waals surface area contributed by atoms with Crippen molar-refractivity contribution in [2.24, 2.45) is 5.73 Å². The molecule has 1 aromatic heterocycles. The standard InChI is InChI=1S/C9H15N3O2S.ClH/c1-14-5-4-11-9(13)7-6-15-8(12-7)2-3-10;/h6H,2-5,10H2,1H3,(H,11,13);1H. The summed E-state index contributed by atoms with van der Waals surface area (Å²) >= 11 is 1.46. The zero-order chi connectivity index (χ0) is 11.1. The van der Waals surface area contributed by atoms with Crippen LogP contribution in [0, 0.1) is 0 Å². The number of hydrogen-bond acceptors (Lipinski definition) is 5. The van der Waals surface area contributed by atoms with Gasteiger partial charge in [0.15, 0.2) is 0 Å². The number of aromatic nitrogens is 1. The lowest BCUT2D eigenvalue weighted by molar-refractivity contribution is 0.0932. The Hall–Kier alpha value is -0.690. The van der Waals surface area contributed by atoms with Gasteiger partial charge in [-0.05, 0) is 6.54 Å². The first kappa shape index (κ1) is 15.3. The average Bonchev–Trinajstić information content (AvgIpc) is 2.67. The number of halogens is 1. The quantitative estimate of drug-likeness (QED) is 0.732. The fraction of sp³-hybridized carbons (Fsp3) is 0.556. The third kappa shape index (κ3) is 4.89. The molecule has 5 nitrogen and oxygen atoms in total. The Morgan fingerprint density at radius 3 is 3.06 bits per heavy atom. The van der Waals surface area contributed by atoms with Crippen molar-refractivity contribution in [1.82, 2.24) is 10.3 Å². The van der Waals surface area contributed by atoms with Crippen molar-refractivity contribution in [3.63, 3.8) is 0 Å². The molecule has 0 fully saturated rings. The summed E-state index contributed by atoms with van der Waals surface area (Å²) in [5, 5.41) is 5.35. The van der Waals surface area contributed by atoms with Crippen LogP contribution in [0.15, 0.2) is 5.38 Å². The van der Waals surface area contributed by atoms with E-state index in [1.54, 1.807) is 12.5 Å². The fourth-order valence-electron chi connectivity index (χ4n) is 1.01. The predicted octanol–water partition coefficient (Wildman–Crippen LogP) is 0.442. The molecular formula is C9H16ClN3O2S. The average molecular weight is 266 g/mol. The summed E-state index contributed by atoms with van der Waals surface area (Å²) in [6, 6.07) is 0. The third-order valence-electron chi connectivity index (χ3n) is 1.73. The zero-order valence-corrected chi connectivity index (χ0v) is 10.7. The highest BCUT2D eigenvalue weighted by atomic mass is 35.5. The highest BCUT2D eigenvalue weighted by Crippen LogP contribution is 2.09. The number of rotatable bonds is 6. The molecule has 16 heavy (non-hydrogen) atoms. The van der Waals surface area contributed by atoms with Crippen molar-refractivity contribution in [1.29, 1.82) is 0 Å². The van der Waals surface area contributed by atoms with E-state index in [1.807, 2.05) is 0 Å². The number of thiazole rings is 1. The van der Waals surface area contributed by atoms with Crippen LogP contribution >= 0.6 is 23.7 Å².